The molecule has 4 nitrogen and oxygen atoms in total. The van der Waals surface area contributed by atoms with E-state index in [-0.39, 0.29) is 0 Å². The summed E-state index contributed by atoms with van der Waals surface area (Å²) >= 11 is 1.63. The van der Waals surface area contributed by atoms with E-state index >= 15 is 0 Å². The number of rotatable bonds is 6. The SMILES string of the molecule is C=CCn1cc(C)nc1NCCc1cscn1. The smallest absolute Gasteiger partial charge is 0.203 e. The fourth-order valence-corrected chi connectivity index (χ4v) is 2.22. The monoisotopic (exact) mass is 248 g/mol. The third-order valence-electron chi connectivity index (χ3n) is 2.37. The van der Waals surface area contributed by atoms with E-state index in [9.17, 15) is 0 Å². The molecule has 1 N–H and O–H groups in total. The summed E-state index contributed by atoms with van der Waals surface area (Å²) in [5.74, 6) is 0.901. The number of anilines is 1. The lowest BCUT2D eigenvalue weighted by Gasteiger charge is -2.06. The minimum Gasteiger partial charge on any atom is -0.355 e. The van der Waals surface area contributed by atoms with Crippen LogP contribution in [0, 0.1) is 6.92 Å². The summed E-state index contributed by atoms with van der Waals surface area (Å²) in [5, 5.41) is 5.40. The van der Waals surface area contributed by atoms with Gasteiger partial charge in [0.15, 0.2) is 0 Å². The Hall–Kier alpha value is -1.62. The van der Waals surface area contributed by atoms with Gasteiger partial charge in [0.1, 0.15) is 0 Å². The third-order valence-corrected chi connectivity index (χ3v) is 3.01. The number of nitrogens with one attached hydrogen (secondary N) is 1. The molecule has 5 heteroatoms. The molecule has 0 bridgehead atoms. The molecule has 0 aliphatic rings. The predicted octanol–water partition coefficient (Wildman–Crippen LogP) is 2.49. The van der Waals surface area contributed by atoms with Crippen molar-refractivity contribution in [2.24, 2.45) is 0 Å². The molecule has 0 atom stereocenters. The molecule has 0 spiro atoms. The summed E-state index contributed by atoms with van der Waals surface area (Å²) < 4.78 is 2.06. The molecule has 0 aromatic carbocycles. The number of nitrogens with zero attached hydrogens (tertiary/aromatic N) is 3. The Kier molecular flexibility index (Phi) is 3.93. The lowest BCUT2D eigenvalue weighted by atomic mass is 10.3. The van der Waals surface area contributed by atoms with Crippen LogP contribution in [0.25, 0.3) is 0 Å². The number of hydrogen-bond acceptors (Lipinski definition) is 4. The maximum absolute atomic E-state index is 4.43. The summed E-state index contributed by atoms with van der Waals surface area (Å²) in [6, 6.07) is 0. The zero-order valence-corrected chi connectivity index (χ0v) is 10.7. The minimum absolute atomic E-state index is 0.778. The molecule has 2 heterocycles. The van der Waals surface area contributed by atoms with Crippen molar-refractivity contribution in [3.05, 3.63) is 41.1 Å². The van der Waals surface area contributed by atoms with Gasteiger partial charge in [-0.05, 0) is 6.92 Å². The van der Waals surface area contributed by atoms with Crippen molar-refractivity contribution in [1.82, 2.24) is 14.5 Å². The van der Waals surface area contributed by atoms with E-state index in [1.54, 1.807) is 11.3 Å². The van der Waals surface area contributed by atoms with E-state index in [2.05, 4.69) is 31.8 Å². The van der Waals surface area contributed by atoms with Crippen molar-refractivity contribution in [2.45, 2.75) is 19.9 Å². The van der Waals surface area contributed by atoms with Crippen LogP contribution in [-0.4, -0.2) is 21.1 Å². The van der Waals surface area contributed by atoms with Crippen molar-refractivity contribution in [3.8, 4) is 0 Å². The van der Waals surface area contributed by atoms with Gasteiger partial charge in [0.25, 0.3) is 0 Å². The molecule has 0 fully saturated rings. The minimum atomic E-state index is 0.778. The predicted molar refractivity (Wildman–Crippen MR) is 71.5 cm³/mol. The zero-order chi connectivity index (χ0) is 12.1. The molecule has 0 saturated carbocycles. The highest BCUT2D eigenvalue weighted by molar-refractivity contribution is 7.07. The van der Waals surface area contributed by atoms with Crippen LogP contribution in [0.4, 0.5) is 5.95 Å². The maximum atomic E-state index is 4.43. The van der Waals surface area contributed by atoms with Crippen molar-refractivity contribution in [1.29, 1.82) is 0 Å². The first-order valence-corrected chi connectivity index (χ1v) is 6.49. The van der Waals surface area contributed by atoms with Gasteiger partial charge in [-0.2, -0.15) is 0 Å². The van der Waals surface area contributed by atoms with Gasteiger partial charge in [-0.1, -0.05) is 6.08 Å². The molecule has 17 heavy (non-hydrogen) atoms. The summed E-state index contributed by atoms with van der Waals surface area (Å²) in [6.07, 6.45) is 4.81. The molecule has 0 unspecified atom stereocenters. The standard InChI is InChI=1S/C12H16N4S/c1-3-6-16-7-10(2)15-12(16)13-5-4-11-8-17-9-14-11/h3,7-9H,1,4-6H2,2H3,(H,13,15). The second kappa shape index (κ2) is 5.63. The molecule has 2 rings (SSSR count). The van der Waals surface area contributed by atoms with Crippen molar-refractivity contribution in [2.75, 3.05) is 11.9 Å². The Labute approximate surface area is 105 Å². The average Bonchev–Trinajstić information content (AvgIpc) is 2.90. The number of aromatic nitrogens is 3. The summed E-state index contributed by atoms with van der Waals surface area (Å²) in [6.45, 7) is 7.36. The van der Waals surface area contributed by atoms with Gasteiger partial charge < -0.3 is 9.88 Å². The van der Waals surface area contributed by atoms with Crippen LogP contribution in [0.15, 0.2) is 29.7 Å². The largest absolute Gasteiger partial charge is 0.355 e. The molecule has 0 aliphatic heterocycles. The maximum Gasteiger partial charge on any atom is 0.203 e. The van der Waals surface area contributed by atoms with Crippen LogP contribution in [0.1, 0.15) is 11.4 Å². The molecule has 2 aromatic rings. The van der Waals surface area contributed by atoms with E-state index in [0.29, 0.717) is 0 Å². The van der Waals surface area contributed by atoms with Gasteiger partial charge in [-0.25, -0.2) is 9.97 Å². The highest BCUT2D eigenvalue weighted by Crippen LogP contribution is 2.09. The van der Waals surface area contributed by atoms with E-state index < -0.39 is 0 Å². The van der Waals surface area contributed by atoms with Crippen LogP contribution in [0.5, 0.6) is 0 Å². The fourth-order valence-electron chi connectivity index (χ4n) is 1.63. The van der Waals surface area contributed by atoms with E-state index in [4.69, 9.17) is 0 Å². The topological polar surface area (TPSA) is 42.7 Å². The zero-order valence-electron chi connectivity index (χ0n) is 9.89. The number of imidazole rings is 1. The van der Waals surface area contributed by atoms with Gasteiger partial charge in [0.05, 0.1) is 16.9 Å². The highest BCUT2D eigenvalue weighted by Gasteiger charge is 2.03. The number of thiazole rings is 1. The van der Waals surface area contributed by atoms with Crippen LogP contribution in [0.3, 0.4) is 0 Å². The van der Waals surface area contributed by atoms with Crippen molar-refractivity contribution in [3.63, 3.8) is 0 Å². The summed E-state index contributed by atoms with van der Waals surface area (Å²) in [4.78, 5) is 8.68. The molecule has 90 valence electrons. The Balaban J connectivity index is 1.91. The molecular weight excluding hydrogens is 232 g/mol. The van der Waals surface area contributed by atoms with E-state index in [1.165, 1.54) is 0 Å². The normalized spacial score (nSPS) is 10.4. The molecule has 0 amide bonds. The molecular formula is C12H16N4S. The second-order valence-electron chi connectivity index (χ2n) is 3.80. The fraction of sp³-hybridized carbons (Fsp3) is 0.333. The number of aryl methyl sites for hydroxylation is 1. The molecule has 0 saturated heterocycles. The highest BCUT2D eigenvalue weighted by atomic mass is 32.1. The summed E-state index contributed by atoms with van der Waals surface area (Å²) in [5.41, 5.74) is 4.00. The lowest BCUT2D eigenvalue weighted by Crippen LogP contribution is -2.10. The summed E-state index contributed by atoms with van der Waals surface area (Å²) in [7, 11) is 0. The van der Waals surface area contributed by atoms with Crippen LogP contribution < -0.4 is 5.32 Å². The van der Waals surface area contributed by atoms with Gasteiger partial charge in [0, 0.05) is 31.1 Å². The van der Waals surface area contributed by atoms with Crippen molar-refractivity contribution < 1.29 is 0 Å². The Bertz CT molecular complexity index is 473. The molecule has 0 radical (unpaired) electrons. The lowest BCUT2D eigenvalue weighted by molar-refractivity contribution is 0.814. The Morgan fingerprint density at radius 3 is 3.18 bits per heavy atom. The van der Waals surface area contributed by atoms with E-state index in [1.807, 2.05) is 24.7 Å². The average molecular weight is 248 g/mol. The Morgan fingerprint density at radius 1 is 1.59 bits per heavy atom. The van der Waals surface area contributed by atoms with Crippen LogP contribution in [-0.2, 0) is 13.0 Å². The first kappa shape index (κ1) is 11.9. The van der Waals surface area contributed by atoms with Gasteiger partial charge in [0.2, 0.25) is 5.95 Å². The number of allylic oxidation sites excluding steroid dienone is 1. The third kappa shape index (κ3) is 3.17. The van der Waals surface area contributed by atoms with Crippen molar-refractivity contribution >= 4 is 17.3 Å². The number of hydrogen-bond donors (Lipinski definition) is 1. The first-order chi connectivity index (χ1) is 8.29. The van der Waals surface area contributed by atoms with Gasteiger partial charge in [-0.15, -0.1) is 17.9 Å². The van der Waals surface area contributed by atoms with Crippen LogP contribution in [0.2, 0.25) is 0 Å². The first-order valence-electron chi connectivity index (χ1n) is 5.55. The van der Waals surface area contributed by atoms with Gasteiger partial charge in [-0.3, -0.25) is 0 Å². The van der Waals surface area contributed by atoms with E-state index in [0.717, 1.165) is 36.8 Å². The second-order valence-corrected chi connectivity index (χ2v) is 4.52. The Morgan fingerprint density at radius 2 is 2.47 bits per heavy atom. The van der Waals surface area contributed by atoms with Crippen LogP contribution >= 0.6 is 11.3 Å². The van der Waals surface area contributed by atoms with Gasteiger partial charge >= 0.3 is 0 Å². The molecule has 2 aromatic heterocycles. The quantitative estimate of drug-likeness (QED) is 0.799. The molecule has 0 aliphatic carbocycles.